The summed E-state index contributed by atoms with van der Waals surface area (Å²) in [6.45, 7) is 3.93. The normalized spacial score (nSPS) is 10.9. The highest BCUT2D eigenvalue weighted by Gasteiger charge is 2.25. The third-order valence-electron chi connectivity index (χ3n) is 3.18. The van der Waals surface area contributed by atoms with Crippen molar-refractivity contribution >= 4 is 35.0 Å². The van der Waals surface area contributed by atoms with E-state index < -0.39 is 5.54 Å². The number of rotatable bonds is 6. The van der Waals surface area contributed by atoms with Gasteiger partial charge in [0.15, 0.2) is 0 Å². The molecule has 0 spiro atoms. The third kappa shape index (κ3) is 4.36. The monoisotopic (exact) mass is 310 g/mol. The summed E-state index contributed by atoms with van der Waals surface area (Å²) in [5.74, 6) is 2.83. The van der Waals surface area contributed by atoms with Crippen LogP contribution in [0.15, 0.2) is 23.1 Å². The molecule has 0 atom stereocenters. The lowest BCUT2D eigenvalue weighted by Crippen LogP contribution is -2.47. The van der Waals surface area contributed by atoms with Crippen molar-refractivity contribution in [1.29, 1.82) is 0 Å². The van der Waals surface area contributed by atoms with Crippen LogP contribution >= 0.6 is 23.4 Å². The minimum absolute atomic E-state index is 0.102. The van der Waals surface area contributed by atoms with Gasteiger partial charge in [0.05, 0.1) is 10.8 Å². The summed E-state index contributed by atoms with van der Waals surface area (Å²) in [4.78, 5) is 12.8. The second-order valence-corrected chi connectivity index (χ2v) is 5.88. The van der Waals surface area contributed by atoms with Crippen molar-refractivity contribution in [2.24, 2.45) is 0 Å². The van der Waals surface area contributed by atoms with Crippen molar-refractivity contribution < 1.29 is 4.79 Å². The van der Waals surface area contributed by atoms with E-state index in [-0.39, 0.29) is 11.7 Å². The highest BCUT2D eigenvalue weighted by molar-refractivity contribution is 8.00. The summed E-state index contributed by atoms with van der Waals surface area (Å²) >= 11 is 7.40. The van der Waals surface area contributed by atoms with Gasteiger partial charge in [0.1, 0.15) is 5.54 Å². The Morgan fingerprint density at radius 2 is 2.15 bits per heavy atom. The summed E-state index contributed by atoms with van der Waals surface area (Å²) in [7, 11) is 0. The topological polar surface area (TPSA) is 55.1 Å². The maximum atomic E-state index is 12.0. The molecule has 0 saturated carbocycles. The Hall–Kier alpha value is -1.31. The first-order chi connectivity index (χ1) is 9.46. The fraction of sp³-hybridized carbons (Fsp3) is 0.400. The maximum absolute atomic E-state index is 12.0. The van der Waals surface area contributed by atoms with E-state index in [9.17, 15) is 4.79 Å². The van der Waals surface area contributed by atoms with Crippen molar-refractivity contribution in [1.82, 2.24) is 5.32 Å². The number of benzene rings is 1. The van der Waals surface area contributed by atoms with Gasteiger partial charge in [-0.15, -0.1) is 18.2 Å². The minimum Gasteiger partial charge on any atom is -0.399 e. The van der Waals surface area contributed by atoms with E-state index in [2.05, 4.69) is 11.2 Å². The molecule has 0 radical (unpaired) electrons. The van der Waals surface area contributed by atoms with Crippen molar-refractivity contribution in [3.63, 3.8) is 0 Å². The highest BCUT2D eigenvalue weighted by atomic mass is 35.5. The molecule has 0 heterocycles. The molecule has 0 saturated heterocycles. The quantitative estimate of drug-likeness (QED) is 0.481. The van der Waals surface area contributed by atoms with E-state index in [4.69, 9.17) is 23.8 Å². The summed E-state index contributed by atoms with van der Waals surface area (Å²) in [6, 6.07) is 5.21. The number of carbonyl (C=O) groups excluding carboxylic acids is 1. The molecule has 3 N–H and O–H groups in total. The lowest BCUT2D eigenvalue weighted by atomic mass is 9.94. The van der Waals surface area contributed by atoms with E-state index in [1.807, 2.05) is 13.8 Å². The van der Waals surface area contributed by atoms with Gasteiger partial charge in [-0.2, -0.15) is 0 Å². The second kappa shape index (κ2) is 7.47. The zero-order valence-electron chi connectivity index (χ0n) is 11.7. The van der Waals surface area contributed by atoms with Gasteiger partial charge in [-0.3, -0.25) is 4.79 Å². The minimum atomic E-state index is -0.558. The van der Waals surface area contributed by atoms with Gasteiger partial charge in [-0.25, -0.2) is 0 Å². The Bertz CT molecular complexity index is 521. The number of anilines is 1. The smallest absolute Gasteiger partial charge is 0.231 e. The summed E-state index contributed by atoms with van der Waals surface area (Å²) in [6.07, 6.45) is 6.93. The lowest BCUT2D eigenvalue weighted by molar-refractivity contribution is -0.119. The fourth-order valence-electron chi connectivity index (χ4n) is 1.74. The van der Waals surface area contributed by atoms with Crippen LogP contribution in [-0.4, -0.2) is 17.2 Å². The Labute approximate surface area is 129 Å². The van der Waals surface area contributed by atoms with Gasteiger partial charge in [-0.1, -0.05) is 31.4 Å². The van der Waals surface area contributed by atoms with Crippen LogP contribution in [0.1, 0.15) is 26.7 Å². The summed E-state index contributed by atoms with van der Waals surface area (Å²) < 4.78 is 0. The number of nitrogens with two attached hydrogens (primary N) is 1. The highest BCUT2D eigenvalue weighted by Crippen LogP contribution is 2.29. The molecule has 5 heteroatoms. The standard InChI is InChI=1S/C15H19ClN2OS/c1-4-15(5-2,6-3)18-14(19)10-20-13-9-11(17)7-8-12(13)16/h1,7-9H,5-6,10,17H2,2-3H3,(H,18,19). The van der Waals surface area contributed by atoms with Crippen LogP contribution in [-0.2, 0) is 4.79 Å². The number of nitrogens with one attached hydrogen (secondary N) is 1. The molecule has 0 bridgehead atoms. The number of nitrogen functional groups attached to an aromatic ring is 1. The average molecular weight is 311 g/mol. The number of terminal acetylenes is 1. The van der Waals surface area contributed by atoms with E-state index in [0.717, 1.165) is 4.90 Å². The van der Waals surface area contributed by atoms with Crippen molar-refractivity contribution in [2.45, 2.75) is 37.1 Å². The van der Waals surface area contributed by atoms with Crippen LogP contribution in [0.25, 0.3) is 0 Å². The molecule has 3 nitrogen and oxygen atoms in total. The number of halogens is 1. The Kier molecular flexibility index (Phi) is 6.25. The molecule has 0 aromatic heterocycles. The van der Waals surface area contributed by atoms with Gasteiger partial charge in [0, 0.05) is 10.6 Å². The number of thioether (sulfide) groups is 1. The van der Waals surface area contributed by atoms with Gasteiger partial charge < -0.3 is 11.1 Å². The molecule has 1 rings (SSSR count). The van der Waals surface area contributed by atoms with E-state index in [1.54, 1.807) is 18.2 Å². The number of hydrogen-bond donors (Lipinski definition) is 2. The molecule has 1 aromatic rings. The van der Waals surface area contributed by atoms with Crippen LogP contribution in [0, 0.1) is 12.3 Å². The molecule has 0 aliphatic carbocycles. The molecule has 0 fully saturated rings. The van der Waals surface area contributed by atoms with Crippen molar-refractivity contribution in [3.8, 4) is 12.3 Å². The fourth-order valence-corrected chi connectivity index (χ4v) is 2.81. The van der Waals surface area contributed by atoms with E-state index in [0.29, 0.717) is 23.6 Å². The first-order valence-electron chi connectivity index (χ1n) is 6.43. The number of hydrogen-bond acceptors (Lipinski definition) is 3. The Morgan fingerprint density at radius 3 is 2.70 bits per heavy atom. The van der Waals surface area contributed by atoms with Gasteiger partial charge in [0.25, 0.3) is 0 Å². The van der Waals surface area contributed by atoms with Crippen LogP contribution < -0.4 is 11.1 Å². The molecule has 1 amide bonds. The number of amides is 1. The van der Waals surface area contributed by atoms with Gasteiger partial charge >= 0.3 is 0 Å². The molecule has 1 aromatic carbocycles. The van der Waals surface area contributed by atoms with Gasteiger partial charge in [-0.05, 0) is 31.0 Å². The molecular formula is C15H19ClN2OS. The Balaban J connectivity index is 2.64. The second-order valence-electron chi connectivity index (χ2n) is 4.46. The molecule has 20 heavy (non-hydrogen) atoms. The predicted octanol–water partition coefficient (Wildman–Crippen LogP) is 3.32. The van der Waals surface area contributed by atoms with E-state index in [1.165, 1.54) is 11.8 Å². The Morgan fingerprint density at radius 1 is 1.50 bits per heavy atom. The largest absolute Gasteiger partial charge is 0.399 e. The molecule has 0 aliphatic rings. The van der Waals surface area contributed by atoms with Crippen LogP contribution in [0.5, 0.6) is 0 Å². The molecular weight excluding hydrogens is 292 g/mol. The van der Waals surface area contributed by atoms with Crippen molar-refractivity contribution in [3.05, 3.63) is 23.2 Å². The first-order valence-corrected chi connectivity index (χ1v) is 7.79. The van der Waals surface area contributed by atoms with Crippen molar-refractivity contribution in [2.75, 3.05) is 11.5 Å². The van der Waals surface area contributed by atoms with Crippen LogP contribution in [0.2, 0.25) is 5.02 Å². The first kappa shape index (κ1) is 16.7. The van der Waals surface area contributed by atoms with Crippen LogP contribution in [0.4, 0.5) is 5.69 Å². The van der Waals surface area contributed by atoms with Crippen LogP contribution in [0.3, 0.4) is 0 Å². The predicted molar refractivity (Wildman–Crippen MR) is 86.9 cm³/mol. The SMILES string of the molecule is C#CC(CC)(CC)NC(=O)CSc1cc(N)ccc1Cl. The third-order valence-corrected chi connectivity index (χ3v) is 4.67. The zero-order valence-corrected chi connectivity index (χ0v) is 13.3. The number of carbonyl (C=O) groups is 1. The average Bonchev–Trinajstić information content (AvgIpc) is 2.46. The van der Waals surface area contributed by atoms with Gasteiger partial charge in [0.2, 0.25) is 5.91 Å². The molecule has 0 unspecified atom stereocenters. The molecule has 0 aliphatic heterocycles. The molecule has 108 valence electrons. The zero-order chi connectivity index (χ0) is 15.2. The summed E-state index contributed by atoms with van der Waals surface area (Å²) in [5.41, 5.74) is 5.77. The summed E-state index contributed by atoms with van der Waals surface area (Å²) in [5, 5.41) is 3.50. The lowest BCUT2D eigenvalue weighted by Gasteiger charge is -2.27. The van der Waals surface area contributed by atoms with E-state index >= 15 is 0 Å². The maximum Gasteiger partial charge on any atom is 0.231 e.